The highest BCUT2D eigenvalue weighted by Gasteiger charge is 2.81. The summed E-state index contributed by atoms with van der Waals surface area (Å²) in [4.78, 5) is 47.0. The van der Waals surface area contributed by atoms with E-state index in [1.165, 1.54) is 14.2 Å². The molecule has 7 aromatic rings. The molecule has 0 spiro atoms. The molecule has 1 fully saturated rings. The van der Waals surface area contributed by atoms with Crippen molar-refractivity contribution in [2.24, 2.45) is 17.3 Å². The molecule has 2 unspecified atom stereocenters. The van der Waals surface area contributed by atoms with Crippen LogP contribution in [0.1, 0.15) is 46.4 Å². The number of carbonyl (C=O) groups excluding carboxylic acids is 2. The van der Waals surface area contributed by atoms with E-state index in [0.29, 0.717) is 78.2 Å². The van der Waals surface area contributed by atoms with Crippen LogP contribution in [0.4, 0.5) is 0 Å². The van der Waals surface area contributed by atoms with Crippen molar-refractivity contribution in [2.75, 3.05) is 14.2 Å². The Balaban J connectivity index is 1.50. The van der Waals surface area contributed by atoms with Gasteiger partial charge >= 0.3 is 11.9 Å². The summed E-state index contributed by atoms with van der Waals surface area (Å²) < 4.78 is 11.0. The van der Waals surface area contributed by atoms with E-state index in [0.717, 1.165) is 11.1 Å². The van der Waals surface area contributed by atoms with E-state index in [9.17, 15) is 30.6 Å². The number of aromatic amines is 2. The van der Waals surface area contributed by atoms with Crippen molar-refractivity contribution < 1.29 is 19.1 Å². The Labute approximate surface area is 385 Å². The van der Waals surface area contributed by atoms with E-state index in [1.54, 1.807) is 0 Å². The van der Waals surface area contributed by atoms with Crippen LogP contribution in [-0.2, 0) is 19.1 Å². The molecule has 67 heavy (non-hydrogen) atoms. The number of carbonyl (C=O) groups is 2. The van der Waals surface area contributed by atoms with Gasteiger partial charge in [-0.1, -0.05) is 121 Å². The zero-order chi connectivity index (χ0) is 46.4. The second kappa shape index (κ2) is 16.8. The maximum absolute atomic E-state index is 14.3. The highest BCUT2D eigenvalue weighted by atomic mass is 16.5. The monoisotopic (exact) mass is 874 g/mol. The first-order chi connectivity index (χ1) is 32.8. The number of hydrogen-bond acceptors (Lipinski definition) is 10. The highest BCUT2D eigenvalue weighted by Crippen LogP contribution is 2.75. The van der Waals surface area contributed by atoms with Crippen molar-refractivity contribution in [3.63, 3.8) is 0 Å². The van der Waals surface area contributed by atoms with E-state index in [-0.39, 0.29) is 0 Å². The van der Waals surface area contributed by atoms with E-state index in [2.05, 4.69) is 34.2 Å². The molecule has 12 heteroatoms. The first-order valence-corrected chi connectivity index (χ1v) is 21.6. The molecule has 5 heterocycles. The molecule has 12 nitrogen and oxygen atoms in total. The number of benzene rings is 4. The second-order valence-corrected chi connectivity index (χ2v) is 16.6. The summed E-state index contributed by atoms with van der Waals surface area (Å²) in [5.41, 5.74) is 7.28. The fourth-order valence-electron chi connectivity index (χ4n) is 10.5. The van der Waals surface area contributed by atoms with E-state index in [1.807, 2.05) is 146 Å². The average Bonchev–Trinajstić information content (AvgIpc) is 3.92. The number of aromatic nitrogens is 4. The van der Waals surface area contributed by atoms with Gasteiger partial charge in [0.2, 0.25) is 0 Å². The van der Waals surface area contributed by atoms with Gasteiger partial charge in [-0.3, -0.25) is 19.6 Å². The summed E-state index contributed by atoms with van der Waals surface area (Å²) in [6.45, 7) is 0. The summed E-state index contributed by atoms with van der Waals surface area (Å²) in [6, 6.07) is 54.3. The third-order valence-corrected chi connectivity index (χ3v) is 13.3. The van der Waals surface area contributed by atoms with Crippen LogP contribution in [0.5, 0.6) is 0 Å². The van der Waals surface area contributed by atoms with Crippen molar-refractivity contribution in [3.05, 3.63) is 168 Å². The Morgan fingerprint density at radius 3 is 1.00 bits per heavy atom. The minimum atomic E-state index is -1.79. The van der Waals surface area contributed by atoms with E-state index in [4.69, 9.17) is 19.4 Å². The lowest BCUT2D eigenvalue weighted by molar-refractivity contribution is -0.162. The molecule has 0 radical (unpaired) electrons. The molecular weight excluding hydrogens is 837 g/mol. The van der Waals surface area contributed by atoms with Crippen molar-refractivity contribution in [3.8, 4) is 68.8 Å². The molecule has 1 saturated carbocycles. The van der Waals surface area contributed by atoms with E-state index < -0.39 is 52.9 Å². The van der Waals surface area contributed by atoms with Gasteiger partial charge in [-0.15, -0.1) is 0 Å². The molecule has 3 aromatic heterocycles. The minimum absolute atomic E-state index is 0.347. The second-order valence-electron chi connectivity index (χ2n) is 16.6. The molecule has 2 aliphatic heterocycles. The van der Waals surface area contributed by atoms with Crippen molar-refractivity contribution in [1.82, 2.24) is 19.9 Å². The molecule has 2 N–H and O–H groups in total. The number of fused-ring (bicyclic) bond motifs is 11. The molecule has 4 aromatic carbocycles. The van der Waals surface area contributed by atoms with Gasteiger partial charge in [0.15, 0.2) is 5.41 Å². The quantitative estimate of drug-likeness (QED) is 0.109. The lowest BCUT2D eigenvalue weighted by Crippen LogP contribution is -2.32. The first-order valence-electron chi connectivity index (χ1n) is 21.6. The van der Waals surface area contributed by atoms with Gasteiger partial charge in [-0.2, -0.15) is 21.0 Å². The summed E-state index contributed by atoms with van der Waals surface area (Å²) >= 11 is 0. The zero-order valence-electron chi connectivity index (χ0n) is 36.1. The summed E-state index contributed by atoms with van der Waals surface area (Å²) in [6.07, 6.45) is 0. The predicted molar refractivity (Wildman–Crippen MR) is 250 cm³/mol. The van der Waals surface area contributed by atoms with Crippen LogP contribution in [0.25, 0.3) is 66.6 Å². The van der Waals surface area contributed by atoms with Crippen LogP contribution in [0.15, 0.2) is 146 Å². The normalized spacial score (nSPS) is 17.6. The SMILES string of the molecule is COC(=O)C1(C(=O)OC)C2c3nc(c(-c4ccccc4)c4ccc([nH]4)c(-c4ccccc4)c4nc(c(-c5ccccc5)c5ccc([nH]5)c3-c3ccccc3)[C@@H](C(C#N)C#N)[C@@H]4C(C#N)C#N)C21. The largest absolute Gasteiger partial charge is 0.468 e. The van der Waals surface area contributed by atoms with Gasteiger partial charge in [0, 0.05) is 68.0 Å². The number of esters is 2. The Morgan fingerprint density at radius 1 is 0.463 bits per heavy atom. The highest BCUT2D eigenvalue weighted by molar-refractivity contribution is 6.09. The summed E-state index contributed by atoms with van der Waals surface area (Å²) in [7, 11) is 2.52. The summed E-state index contributed by atoms with van der Waals surface area (Å²) in [5, 5.41) is 43.1. The molecule has 3 aliphatic rings. The minimum Gasteiger partial charge on any atom is -0.468 e. The van der Waals surface area contributed by atoms with Crippen molar-refractivity contribution in [1.29, 1.82) is 21.0 Å². The molecular formula is C55H38N8O4. The molecule has 0 amide bonds. The number of nitrogens with one attached hydrogen (secondary N) is 2. The van der Waals surface area contributed by atoms with E-state index >= 15 is 0 Å². The van der Waals surface area contributed by atoms with Gasteiger partial charge in [0.05, 0.1) is 61.3 Å². The lowest BCUT2D eigenvalue weighted by Gasteiger charge is -2.23. The Bertz CT molecular complexity index is 3210. The summed E-state index contributed by atoms with van der Waals surface area (Å²) in [5.74, 6) is -7.87. The zero-order valence-corrected chi connectivity index (χ0v) is 36.1. The van der Waals surface area contributed by atoms with Crippen LogP contribution in [0.2, 0.25) is 0 Å². The van der Waals surface area contributed by atoms with Gasteiger partial charge in [0.1, 0.15) is 11.8 Å². The Hall–Kier alpha value is -9.10. The number of rotatable bonds is 8. The fourth-order valence-corrected chi connectivity index (χ4v) is 10.5. The molecule has 1 aliphatic carbocycles. The lowest BCUT2D eigenvalue weighted by atomic mass is 9.72. The van der Waals surface area contributed by atoms with Gasteiger partial charge in [-0.25, -0.2) is 0 Å². The first kappa shape index (κ1) is 41.9. The number of hydrogen-bond donors (Lipinski definition) is 2. The van der Waals surface area contributed by atoms with Crippen molar-refractivity contribution in [2.45, 2.75) is 23.7 Å². The molecule has 322 valence electrons. The number of H-pyrrole nitrogens is 2. The van der Waals surface area contributed by atoms with Crippen LogP contribution in [0, 0.1) is 62.6 Å². The maximum atomic E-state index is 14.3. The molecule has 8 bridgehead atoms. The fraction of sp³-hybridized carbons (Fsp3) is 0.164. The molecule has 10 rings (SSSR count). The molecule has 0 saturated heterocycles. The molecule has 4 atom stereocenters. The van der Waals surface area contributed by atoms with Gasteiger partial charge in [0.25, 0.3) is 0 Å². The van der Waals surface area contributed by atoms with Crippen LogP contribution < -0.4 is 0 Å². The number of methoxy groups -OCH3 is 2. The third-order valence-electron chi connectivity index (χ3n) is 13.3. The number of nitriles is 4. The van der Waals surface area contributed by atoms with Crippen LogP contribution >= 0.6 is 0 Å². The maximum Gasteiger partial charge on any atom is 0.324 e. The third kappa shape index (κ3) is 6.46. The Morgan fingerprint density at radius 2 is 0.731 bits per heavy atom. The topological polar surface area (TPSA) is 205 Å². The van der Waals surface area contributed by atoms with Crippen LogP contribution in [0.3, 0.4) is 0 Å². The number of ether oxygens (including phenoxy) is 2. The van der Waals surface area contributed by atoms with Crippen molar-refractivity contribution >= 4 is 34.0 Å². The standard InChI is InChI=1S/C55H38N8O4/c1-66-53(64)55(54(65)67-2)47-48(55)52-44(34-21-13-6-14-22-34)40-26-24-38(61-40)42(32-17-9-4-10-18-32)50-46(36(29-58)30-59)45(35(27-56)28-57)49(62-50)41(31-15-7-3-8-16-31)37-23-25-39(60-37)43(51(47)63-52)33-19-11-5-12-20-33/h3-26,35-36,45-48,60-61H,1-2H3/t45-,46-,47?,48?/m0/s1. The number of nitrogens with zero attached hydrogens (tertiary/aromatic N) is 6. The van der Waals surface area contributed by atoms with Gasteiger partial charge in [-0.05, 0) is 46.5 Å². The van der Waals surface area contributed by atoms with Gasteiger partial charge < -0.3 is 19.4 Å². The smallest absolute Gasteiger partial charge is 0.324 e. The average molecular weight is 875 g/mol. The predicted octanol–water partition coefficient (Wildman–Crippen LogP) is 10.4. The Kier molecular flexibility index (Phi) is 10.5. The van der Waals surface area contributed by atoms with Crippen LogP contribution in [-0.4, -0.2) is 46.1 Å².